The zero-order chi connectivity index (χ0) is 13.5. The minimum absolute atomic E-state index is 0.402. The van der Waals surface area contributed by atoms with Gasteiger partial charge in [0.2, 0.25) is 5.95 Å². The van der Waals surface area contributed by atoms with Crippen LogP contribution in [-0.2, 0) is 0 Å². The number of anilines is 2. The van der Waals surface area contributed by atoms with Crippen LogP contribution < -0.4 is 16.6 Å². The van der Waals surface area contributed by atoms with Crippen molar-refractivity contribution in [2.75, 3.05) is 17.3 Å². The predicted molar refractivity (Wildman–Crippen MR) is 76.9 cm³/mol. The Morgan fingerprint density at radius 3 is 2.65 bits per heavy atom. The highest BCUT2D eigenvalue weighted by molar-refractivity contribution is 5.86. The highest BCUT2D eigenvalue weighted by Crippen LogP contribution is 2.49. The molecule has 0 aliphatic heterocycles. The lowest BCUT2D eigenvalue weighted by Crippen LogP contribution is -2.19. The molecule has 0 spiro atoms. The Morgan fingerprint density at radius 2 is 2.00 bits per heavy atom. The van der Waals surface area contributed by atoms with E-state index in [1.807, 2.05) is 0 Å². The summed E-state index contributed by atoms with van der Waals surface area (Å²) in [5.41, 5.74) is 3.20. The van der Waals surface area contributed by atoms with Crippen LogP contribution in [0.2, 0.25) is 0 Å². The third-order valence-corrected chi connectivity index (χ3v) is 4.40. The van der Waals surface area contributed by atoms with Crippen LogP contribution in [0.4, 0.5) is 11.8 Å². The molecule has 0 saturated heterocycles. The van der Waals surface area contributed by atoms with Gasteiger partial charge < -0.3 is 5.32 Å². The molecule has 2 heterocycles. The third kappa shape index (κ3) is 2.18. The predicted octanol–water partition coefficient (Wildman–Crippen LogP) is 1.49. The number of rotatable bonds is 6. The fourth-order valence-electron chi connectivity index (χ4n) is 3.02. The minimum Gasteiger partial charge on any atom is -0.369 e. The Kier molecular flexibility index (Phi) is 2.73. The number of aromatic amines is 1. The molecule has 20 heavy (non-hydrogen) atoms. The first-order chi connectivity index (χ1) is 9.85. The second kappa shape index (κ2) is 4.59. The summed E-state index contributed by atoms with van der Waals surface area (Å²) >= 11 is 0. The van der Waals surface area contributed by atoms with Crippen LogP contribution in [-0.4, -0.2) is 26.7 Å². The maximum atomic E-state index is 5.41. The van der Waals surface area contributed by atoms with Crippen molar-refractivity contribution < 1.29 is 0 Å². The highest BCUT2D eigenvalue weighted by atomic mass is 15.3. The van der Waals surface area contributed by atoms with Gasteiger partial charge in [-0.1, -0.05) is 0 Å². The highest BCUT2D eigenvalue weighted by Gasteiger charge is 2.41. The molecule has 0 aromatic carbocycles. The fourth-order valence-corrected chi connectivity index (χ4v) is 3.02. The van der Waals surface area contributed by atoms with E-state index in [1.54, 1.807) is 6.20 Å². The lowest BCUT2D eigenvalue weighted by molar-refractivity contribution is 0.428. The third-order valence-electron chi connectivity index (χ3n) is 4.40. The van der Waals surface area contributed by atoms with E-state index in [4.69, 9.17) is 5.84 Å². The summed E-state index contributed by atoms with van der Waals surface area (Å²) in [7, 11) is 0. The molecule has 4 rings (SSSR count). The Balaban J connectivity index is 1.56. The Labute approximate surface area is 116 Å². The molecule has 2 aromatic heterocycles. The zero-order valence-corrected chi connectivity index (χ0v) is 11.3. The van der Waals surface area contributed by atoms with Gasteiger partial charge in [-0.05, 0) is 43.4 Å². The standard InChI is InChI=1S/C13H19N7/c14-19-13-17-11(10-6-16-20-12(10)18-13)15-5-9(7-1-2-7)8-3-4-8/h6-9H,1-5,14H2,(H3,15,16,17,18,19,20). The summed E-state index contributed by atoms with van der Waals surface area (Å²) < 4.78 is 0. The summed E-state index contributed by atoms with van der Waals surface area (Å²) in [5.74, 6) is 9.26. The zero-order valence-electron chi connectivity index (χ0n) is 11.3. The van der Waals surface area contributed by atoms with E-state index in [-0.39, 0.29) is 0 Å². The SMILES string of the molecule is NNc1nc(NCC(C2CC2)C2CC2)c2cn[nH]c2n1. The van der Waals surface area contributed by atoms with E-state index >= 15 is 0 Å². The van der Waals surface area contributed by atoms with Crippen molar-refractivity contribution in [3.63, 3.8) is 0 Å². The van der Waals surface area contributed by atoms with Crippen LogP contribution >= 0.6 is 0 Å². The summed E-state index contributed by atoms with van der Waals surface area (Å²) in [6, 6.07) is 0. The van der Waals surface area contributed by atoms with Crippen molar-refractivity contribution in [1.29, 1.82) is 0 Å². The van der Waals surface area contributed by atoms with Gasteiger partial charge in [0.1, 0.15) is 5.82 Å². The van der Waals surface area contributed by atoms with Crippen molar-refractivity contribution in [1.82, 2.24) is 20.2 Å². The van der Waals surface area contributed by atoms with Gasteiger partial charge in [-0.2, -0.15) is 15.1 Å². The molecule has 2 aliphatic rings. The maximum Gasteiger partial charge on any atom is 0.241 e. The molecule has 2 saturated carbocycles. The van der Waals surface area contributed by atoms with Crippen LogP contribution in [0.25, 0.3) is 11.0 Å². The molecule has 5 N–H and O–H groups in total. The van der Waals surface area contributed by atoms with Crippen LogP contribution in [0.15, 0.2) is 6.20 Å². The molecular formula is C13H19N7. The molecule has 0 radical (unpaired) electrons. The molecule has 0 bridgehead atoms. The average molecular weight is 273 g/mol. The van der Waals surface area contributed by atoms with Crippen LogP contribution in [0.5, 0.6) is 0 Å². The average Bonchev–Trinajstić information content (AvgIpc) is 3.38. The van der Waals surface area contributed by atoms with Crippen LogP contribution in [0, 0.1) is 17.8 Å². The monoisotopic (exact) mass is 273 g/mol. The van der Waals surface area contributed by atoms with Crippen molar-refractivity contribution in [2.24, 2.45) is 23.6 Å². The first-order valence-electron chi connectivity index (χ1n) is 7.27. The smallest absolute Gasteiger partial charge is 0.241 e. The number of aromatic nitrogens is 4. The largest absolute Gasteiger partial charge is 0.369 e. The molecule has 0 unspecified atom stereocenters. The number of hydrogen-bond donors (Lipinski definition) is 4. The van der Waals surface area contributed by atoms with E-state index in [2.05, 4.69) is 30.9 Å². The van der Waals surface area contributed by atoms with E-state index in [9.17, 15) is 0 Å². The first-order valence-corrected chi connectivity index (χ1v) is 7.27. The van der Waals surface area contributed by atoms with Gasteiger partial charge in [0, 0.05) is 6.54 Å². The van der Waals surface area contributed by atoms with Gasteiger partial charge in [0.05, 0.1) is 11.6 Å². The molecular weight excluding hydrogens is 254 g/mol. The molecule has 2 fully saturated rings. The number of nitrogens with two attached hydrogens (primary N) is 1. The topological polar surface area (TPSA) is 105 Å². The number of nitrogens with zero attached hydrogens (tertiary/aromatic N) is 3. The van der Waals surface area contributed by atoms with Gasteiger partial charge in [-0.3, -0.25) is 10.5 Å². The molecule has 2 aliphatic carbocycles. The van der Waals surface area contributed by atoms with Crippen molar-refractivity contribution in [3.05, 3.63) is 6.20 Å². The number of nitrogens with one attached hydrogen (secondary N) is 3. The Bertz CT molecular complexity index is 602. The van der Waals surface area contributed by atoms with Gasteiger partial charge in [0.15, 0.2) is 5.65 Å². The Hall–Kier alpha value is -1.89. The second-order valence-corrected chi connectivity index (χ2v) is 5.89. The Morgan fingerprint density at radius 1 is 1.25 bits per heavy atom. The lowest BCUT2D eigenvalue weighted by atomic mass is 9.98. The van der Waals surface area contributed by atoms with E-state index in [0.717, 1.165) is 35.5 Å². The minimum atomic E-state index is 0.402. The quantitative estimate of drug-likeness (QED) is 0.469. The number of H-pyrrole nitrogens is 1. The fraction of sp³-hybridized carbons (Fsp3) is 0.615. The summed E-state index contributed by atoms with van der Waals surface area (Å²) in [4.78, 5) is 8.64. The normalized spacial score (nSPS) is 18.7. The van der Waals surface area contributed by atoms with Crippen molar-refractivity contribution in [2.45, 2.75) is 25.7 Å². The number of hydrazine groups is 1. The van der Waals surface area contributed by atoms with Gasteiger partial charge in [-0.25, -0.2) is 5.84 Å². The van der Waals surface area contributed by atoms with E-state index in [1.165, 1.54) is 25.7 Å². The molecule has 0 amide bonds. The van der Waals surface area contributed by atoms with Crippen molar-refractivity contribution >= 4 is 22.8 Å². The van der Waals surface area contributed by atoms with Gasteiger partial charge in [-0.15, -0.1) is 0 Å². The first kappa shape index (κ1) is 11.9. The maximum absolute atomic E-state index is 5.41. The van der Waals surface area contributed by atoms with Gasteiger partial charge in [0.25, 0.3) is 0 Å². The molecule has 7 nitrogen and oxygen atoms in total. The molecule has 106 valence electrons. The molecule has 2 aromatic rings. The lowest BCUT2D eigenvalue weighted by Gasteiger charge is -2.17. The van der Waals surface area contributed by atoms with E-state index in [0.29, 0.717) is 11.6 Å². The number of hydrogen-bond acceptors (Lipinski definition) is 6. The van der Waals surface area contributed by atoms with Crippen LogP contribution in [0.3, 0.4) is 0 Å². The summed E-state index contributed by atoms with van der Waals surface area (Å²) in [6.07, 6.45) is 7.32. The van der Waals surface area contributed by atoms with Crippen LogP contribution in [0.1, 0.15) is 25.7 Å². The van der Waals surface area contributed by atoms with Gasteiger partial charge >= 0.3 is 0 Å². The summed E-state index contributed by atoms with van der Waals surface area (Å²) in [6.45, 7) is 0.983. The summed E-state index contributed by atoms with van der Waals surface area (Å²) in [5, 5.41) is 11.3. The van der Waals surface area contributed by atoms with E-state index < -0.39 is 0 Å². The molecule has 0 atom stereocenters. The van der Waals surface area contributed by atoms with Crippen molar-refractivity contribution in [3.8, 4) is 0 Å². The molecule has 7 heteroatoms. The number of nitrogen functional groups attached to an aromatic ring is 1. The second-order valence-electron chi connectivity index (χ2n) is 5.89. The number of fused-ring (bicyclic) bond motifs is 1.